The molecule has 0 unspecified atom stereocenters. The van der Waals surface area contributed by atoms with E-state index >= 15 is 0 Å². The molecule has 0 aromatic heterocycles. The standard InChI is InChI=1S/C16H32N2/c1-14(2)13(15(14,3)4)18-12-11-16(17-5)9-7-6-8-10-16/h13,17-18H,6-12H2,1-5H3. The summed E-state index contributed by atoms with van der Waals surface area (Å²) >= 11 is 0. The summed E-state index contributed by atoms with van der Waals surface area (Å²) in [5.74, 6) is 0. The van der Waals surface area contributed by atoms with E-state index in [1.165, 1.54) is 45.1 Å². The van der Waals surface area contributed by atoms with Crippen LogP contribution in [0.25, 0.3) is 0 Å². The van der Waals surface area contributed by atoms with Crippen LogP contribution in [0.5, 0.6) is 0 Å². The predicted molar refractivity (Wildman–Crippen MR) is 78.8 cm³/mol. The molecule has 2 saturated carbocycles. The van der Waals surface area contributed by atoms with Crippen molar-refractivity contribution in [3.05, 3.63) is 0 Å². The first kappa shape index (κ1) is 14.3. The van der Waals surface area contributed by atoms with Gasteiger partial charge in [0.1, 0.15) is 0 Å². The van der Waals surface area contributed by atoms with Crippen LogP contribution in [0.4, 0.5) is 0 Å². The normalized spacial score (nSPS) is 29.2. The second kappa shape index (κ2) is 4.79. The maximum atomic E-state index is 3.80. The predicted octanol–water partition coefficient (Wildman–Crippen LogP) is 3.32. The lowest BCUT2D eigenvalue weighted by Gasteiger charge is -2.37. The van der Waals surface area contributed by atoms with Gasteiger partial charge in [-0.15, -0.1) is 0 Å². The highest BCUT2D eigenvalue weighted by atomic mass is 15.1. The molecule has 0 amide bonds. The first-order chi connectivity index (χ1) is 8.36. The maximum Gasteiger partial charge on any atom is 0.0190 e. The van der Waals surface area contributed by atoms with Crippen LogP contribution in [0.3, 0.4) is 0 Å². The van der Waals surface area contributed by atoms with Gasteiger partial charge in [-0.2, -0.15) is 0 Å². The van der Waals surface area contributed by atoms with Crippen molar-refractivity contribution in [1.82, 2.24) is 10.6 Å². The van der Waals surface area contributed by atoms with Gasteiger partial charge in [-0.05, 0) is 43.7 Å². The lowest BCUT2D eigenvalue weighted by Crippen LogP contribution is -2.47. The Morgan fingerprint density at radius 2 is 1.50 bits per heavy atom. The van der Waals surface area contributed by atoms with Gasteiger partial charge in [0, 0.05) is 11.6 Å². The van der Waals surface area contributed by atoms with Gasteiger partial charge < -0.3 is 10.6 Å². The van der Waals surface area contributed by atoms with Crippen LogP contribution in [0.1, 0.15) is 66.2 Å². The second-order valence-electron chi connectivity index (χ2n) is 7.67. The third-order valence-electron chi connectivity index (χ3n) is 6.31. The molecule has 0 atom stereocenters. The zero-order valence-corrected chi connectivity index (χ0v) is 13.0. The molecule has 2 heteroatoms. The molecule has 2 rings (SSSR count). The molecule has 2 N–H and O–H groups in total. The van der Waals surface area contributed by atoms with Gasteiger partial charge in [-0.1, -0.05) is 47.0 Å². The molecule has 0 aliphatic heterocycles. The Bertz CT molecular complexity index is 273. The fourth-order valence-electron chi connectivity index (χ4n) is 4.02. The van der Waals surface area contributed by atoms with Gasteiger partial charge in [0.05, 0.1) is 0 Å². The minimum atomic E-state index is 0.425. The lowest BCUT2D eigenvalue weighted by atomic mass is 9.79. The smallest absolute Gasteiger partial charge is 0.0190 e. The Hall–Kier alpha value is -0.0800. The van der Waals surface area contributed by atoms with E-state index < -0.39 is 0 Å². The lowest BCUT2D eigenvalue weighted by molar-refractivity contribution is 0.227. The van der Waals surface area contributed by atoms with Crippen molar-refractivity contribution in [3.8, 4) is 0 Å². The molecule has 2 aliphatic rings. The molecular weight excluding hydrogens is 220 g/mol. The minimum absolute atomic E-state index is 0.425. The molecule has 106 valence electrons. The van der Waals surface area contributed by atoms with Crippen molar-refractivity contribution in [2.45, 2.75) is 77.8 Å². The Morgan fingerprint density at radius 3 is 1.94 bits per heavy atom. The van der Waals surface area contributed by atoms with Crippen molar-refractivity contribution in [1.29, 1.82) is 0 Å². The fraction of sp³-hybridized carbons (Fsp3) is 1.00. The van der Waals surface area contributed by atoms with Crippen molar-refractivity contribution in [3.63, 3.8) is 0 Å². The van der Waals surface area contributed by atoms with E-state index in [-0.39, 0.29) is 0 Å². The van der Waals surface area contributed by atoms with E-state index in [4.69, 9.17) is 0 Å². The highest BCUT2D eigenvalue weighted by molar-refractivity contribution is 5.17. The molecule has 0 radical (unpaired) electrons. The molecule has 0 aromatic rings. The van der Waals surface area contributed by atoms with E-state index in [0.717, 1.165) is 0 Å². The molecule has 18 heavy (non-hydrogen) atoms. The average Bonchev–Trinajstić information content (AvgIpc) is 2.73. The number of hydrogen-bond acceptors (Lipinski definition) is 2. The van der Waals surface area contributed by atoms with Crippen molar-refractivity contribution >= 4 is 0 Å². The molecule has 2 aliphatic carbocycles. The van der Waals surface area contributed by atoms with E-state index in [9.17, 15) is 0 Å². The van der Waals surface area contributed by atoms with Crippen LogP contribution < -0.4 is 10.6 Å². The molecule has 2 fully saturated rings. The highest BCUT2D eigenvalue weighted by Gasteiger charge is 2.64. The van der Waals surface area contributed by atoms with Gasteiger partial charge in [0.15, 0.2) is 0 Å². The van der Waals surface area contributed by atoms with Crippen molar-refractivity contribution < 1.29 is 0 Å². The van der Waals surface area contributed by atoms with Crippen LogP contribution in [0, 0.1) is 10.8 Å². The summed E-state index contributed by atoms with van der Waals surface area (Å²) in [7, 11) is 2.15. The summed E-state index contributed by atoms with van der Waals surface area (Å²) < 4.78 is 0. The molecule has 2 nitrogen and oxygen atoms in total. The highest BCUT2D eigenvalue weighted by Crippen LogP contribution is 2.62. The van der Waals surface area contributed by atoms with E-state index in [1.54, 1.807) is 0 Å². The first-order valence-electron chi connectivity index (χ1n) is 7.78. The van der Waals surface area contributed by atoms with Crippen LogP contribution in [-0.4, -0.2) is 25.2 Å². The minimum Gasteiger partial charge on any atom is -0.314 e. The fourth-order valence-corrected chi connectivity index (χ4v) is 4.02. The van der Waals surface area contributed by atoms with Gasteiger partial charge >= 0.3 is 0 Å². The van der Waals surface area contributed by atoms with Crippen molar-refractivity contribution in [2.24, 2.45) is 10.8 Å². The Morgan fingerprint density at radius 1 is 0.944 bits per heavy atom. The number of hydrogen-bond donors (Lipinski definition) is 2. The number of nitrogens with one attached hydrogen (secondary N) is 2. The molecular formula is C16H32N2. The summed E-state index contributed by atoms with van der Waals surface area (Å²) in [5, 5.41) is 7.42. The van der Waals surface area contributed by atoms with Crippen LogP contribution >= 0.6 is 0 Å². The third kappa shape index (κ3) is 2.34. The van der Waals surface area contributed by atoms with Crippen LogP contribution in [0.15, 0.2) is 0 Å². The van der Waals surface area contributed by atoms with Crippen LogP contribution in [-0.2, 0) is 0 Å². The first-order valence-corrected chi connectivity index (χ1v) is 7.78. The monoisotopic (exact) mass is 252 g/mol. The average molecular weight is 252 g/mol. The maximum absolute atomic E-state index is 3.80. The van der Waals surface area contributed by atoms with E-state index in [2.05, 4.69) is 45.4 Å². The van der Waals surface area contributed by atoms with Gasteiger partial charge in [-0.3, -0.25) is 0 Å². The van der Waals surface area contributed by atoms with Crippen molar-refractivity contribution in [2.75, 3.05) is 13.6 Å². The topological polar surface area (TPSA) is 24.1 Å². The Labute approximate surface area is 113 Å². The zero-order chi connectivity index (χ0) is 13.4. The Balaban J connectivity index is 1.78. The van der Waals surface area contributed by atoms with Gasteiger partial charge in [0.25, 0.3) is 0 Å². The summed E-state index contributed by atoms with van der Waals surface area (Å²) in [5.41, 5.74) is 1.35. The molecule has 0 spiro atoms. The summed E-state index contributed by atoms with van der Waals surface area (Å²) in [6.07, 6.45) is 8.25. The second-order valence-corrected chi connectivity index (χ2v) is 7.67. The quantitative estimate of drug-likeness (QED) is 0.784. The SMILES string of the molecule is CNC1(CCNC2C(C)(C)C2(C)C)CCCCC1. The molecule has 0 heterocycles. The third-order valence-corrected chi connectivity index (χ3v) is 6.31. The largest absolute Gasteiger partial charge is 0.314 e. The Kier molecular flexibility index (Phi) is 3.81. The molecule has 0 saturated heterocycles. The number of rotatable bonds is 5. The van der Waals surface area contributed by atoms with E-state index in [1.807, 2.05) is 0 Å². The zero-order valence-electron chi connectivity index (χ0n) is 13.0. The van der Waals surface area contributed by atoms with E-state index in [0.29, 0.717) is 22.4 Å². The van der Waals surface area contributed by atoms with Gasteiger partial charge in [0.2, 0.25) is 0 Å². The summed E-state index contributed by atoms with van der Waals surface area (Å²) in [6, 6.07) is 0.697. The van der Waals surface area contributed by atoms with Crippen LogP contribution in [0.2, 0.25) is 0 Å². The molecule has 0 aromatic carbocycles. The summed E-state index contributed by atoms with van der Waals surface area (Å²) in [4.78, 5) is 0. The summed E-state index contributed by atoms with van der Waals surface area (Å²) in [6.45, 7) is 10.7. The van der Waals surface area contributed by atoms with Gasteiger partial charge in [-0.25, -0.2) is 0 Å². The molecule has 0 bridgehead atoms.